The standard InChI is InChI=1S/C19H20N4.HI/c20-12-14-5-3-6-15(11-14)13-22-19(21)23-18-10-4-8-16-7-1-2-9-17(16)18;/h3-6,8,10-11H,1-2,7,9,13H2,(H3,21,22,23);1H. The summed E-state index contributed by atoms with van der Waals surface area (Å²) in [7, 11) is 0. The van der Waals surface area contributed by atoms with Crippen LogP contribution in [0.2, 0.25) is 0 Å². The van der Waals surface area contributed by atoms with Gasteiger partial charge < -0.3 is 11.1 Å². The second-order valence-corrected chi connectivity index (χ2v) is 5.79. The fourth-order valence-electron chi connectivity index (χ4n) is 2.99. The summed E-state index contributed by atoms with van der Waals surface area (Å²) in [6, 6.07) is 15.9. The van der Waals surface area contributed by atoms with Crippen LogP contribution in [0.4, 0.5) is 5.69 Å². The van der Waals surface area contributed by atoms with E-state index in [-0.39, 0.29) is 24.0 Å². The molecule has 0 spiro atoms. The summed E-state index contributed by atoms with van der Waals surface area (Å²) in [5.41, 5.74) is 11.5. The van der Waals surface area contributed by atoms with Gasteiger partial charge in [0.2, 0.25) is 0 Å². The number of guanidine groups is 1. The molecule has 0 saturated heterocycles. The zero-order valence-electron chi connectivity index (χ0n) is 13.5. The molecule has 4 nitrogen and oxygen atoms in total. The molecule has 2 aromatic carbocycles. The van der Waals surface area contributed by atoms with Gasteiger partial charge in [-0.1, -0.05) is 24.3 Å². The molecular weight excluding hydrogens is 411 g/mol. The Kier molecular flexibility index (Phi) is 6.62. The molecule has 0 aliphatic heterocycles. The van der Waals surface area contributed by atoms with E-state index in [9.17, 15) is 0 Å². The Morgan fingerprint density at radius 3 is 2.79 bits per heavy atom. The summed E-state index contributed by atoms with van der Waals surface area (Å²) in [4.78, 5) is 4.39. The molecule has 5 heteroatoms. The number of hydrogen-bond acceptors (Lipinski definition) is 2. The zero-order valence-corrected chi connectivity index (χ0v) is 15.8. The fraction of sp³-hybridized carbons (Fsp3) is 0.263. The van der Waals surface area contributed by atoms with E-state index < -0.39 is 0 Å². The Hall–Kier alpha value is -2.07. The first-order valence-electron chi connectivity index (χ1n) is 7.93. The van der Waals surface area contributed by atoms with Crippen molar-refractivity contribution in [2.45, 2.75) is 32.2 Å². The predicted octanol–water partition coefficient (Wildman–Crippen LogP) is 3.98. The average Bonchev–Trinajstić information content (AvgIpc) is 2.60. The molecule has 0 aromatic heterocycles. The summed E-state index contributed by atoms with van der Waals surface area (Å²) in [6.45, 7) is 0.462. The van der Waals surface area contributed by atoms with Crippen LogP contribution in [0.25, 0.3) is 0 Å². The quantitative estimate of drug-likeness (QED) is 0.438. The van der Waals surface area contributed by atoms with Crippen molar-refractivity contribution in [3.63, 3.8) is 0 Å². The SMILES string of the molecule is I.N#Cc1cccc(CN=C(N)Nc2cccc3c2CCCC3)c1. The minimum absolute atomic E-state index is 0. The topological polar surface area (TPSA) is 74.2 Å². The molecule has 3 rings (SSSR count). The molecule has 1 aliphatic rings. The molecule has 1 aliphatic carbocycles. The molecule has 0 amide bonds. The molecule has 3 N–H and O–H groups in total. The van der Waals surface area contributed by atoms with Crippen LogP contribution in [-0.2, 0) is 19.4 Å². The molecule has 0 bridgehead atoms. The van der Waals surface area contributed by atoms with Gasteiger partial charge in [0.25, 0.3) is 0 Å². The zero-order chi connectivity index (χ0) is 16.1. The summed E-state index contributed by atoms with van der Waals surface area (Å²) in [5, 5.41) is 12.2. The van der Waals surface area contributed by atoms with Crippen LogP contribution in [-0.4, -0.2) is 5.96 Å². The summed E-state index contributed by atoms with van der Waals surface area (Å²) >= 11 is 0. The van der Waals surface area contributed by atoms with Crippen molar-refractivity contribution in [3.05, 3.63) is 64.7 Å². The Morgan fingerprint density at radius 2 is 1.96 bits per heavy atom. The lowest BCUT2D eigenvalue weighted by Gasteiger charge is -2.19. The third kappa shape index (κ3) is 4.48. The Bertz CT molecular complexity index is 777. The molecule has 124 valence electrons. The number of nitriles is 1. The van der Waals surface area contributed by atoms with E-state index in [1.54, 1.807) is 6.07 Å². The van der Waals surface area contributed by atoms with Gasteiger partial charge in [-0.2, -0.15) is 5.26 Å². The number of benzene rings is 2. The highest BCUT2D eigenvalue weighted by atomic mass is 127. The largest absolute Gasteiger partial charge is 0.370 e. The second-order valence-electron chi connectivity index (χ2n) is 5.79. The van der Waals surface area contributed by atoms with Gasteiger partial charge in [-0.25, -0.2) is 4.99 Å². The number of anilines is 1. The van der Waals surface area contributed by atoms with Crippen molar-refractivity contribution in [1.29, 1.82) is 5.26 Å². The molecular formula is C19H21IN4. The van der Waals surface area contributed by atoms with Crippen LogP contribution < -0.4 is 11.1 Å². The van der Waals surface area contributed by atoms with Crippen LogP contribution in [0.3, 0.4) is 0 Å². The van der Waals surface area contributed by atoms with Gasteiger partial charge >= 0.3 is 0 Å². The normalized spacial score (nSPS) is 13.4. The predicted molar refractivity (Wildman–Crippen MR) is 109 cm³/mol. The van der Waals surface area contributed by atoms with Crippen LogP contribution in [0.15, 0.2) is 47.5 Å². The maximum absolute atomic E-state index is 8.92. The number of rotatable bonds is 3. The highest BCUT2D eigenvalue weighted by molar-refractivity contribution is 14.0. The number of nitrogens with two attached hydrogens (primary N) is 1. The van der Waals surface area contributed by atoms with E-state index in [1.807, 2.05) is 18.2 Å². The molecule has 0 radical (unpaired) electrons. The number of halogens is 1. The number of aryl methyl sites for hydroxylation is 1. The smallest absolute Gasteiger partial charge is 0.193 e. The second kappa shape index (κ2) is 8.69. The maximum Gasteiger partial charge on any atom is 0.193 e. The van der Waals surface area contributed by atoms with Gasteiger partial charge in [-0.15, -0.1) is 24.0 Å². The van der Waals surface area contributed by atoms with Crippen LogP contribution in [0.1, 0.15) is 35.1 Å². The monoisotopic (exact) mass is 432 g/mol. The van der Waals surface area contributed by atoms with E-state index in [1.165, 1.54) is 24.0 Å². The molecule has 0 heterocycles. The van der Waals surface area contributed by atoms with E-state index in [4.69, 9.17) is 11.0 Å². The Morgan fingerprint density at radius 1 is 1.17 bits per heavy atom. The van der Waals surface area contributed by atoms with E-state index in [2.05, 4.69) is 34.6 Å². The van der Waals surface area contributed by atoms with Crippen molar-refractivity contribution in [2.75, 3.05) is 5.32 Å². The molecule has 0 atom stereocenters. The van der Waals surface area contributed by atoms with Crippen LogP contribution in [0, 0.1) is 11.3 Å². The van der Waals surface area contributed by atoms with E-state index >= 15 is 0 Å². The van der Waals surface area contributed by atoms with Gasteiger partial charge in [0.05, 0.1) is 18.2 Å². The van der Waals surface area contributed by atoms with Gasteiger partial charge in [0.15, 0.2) is 5.96 Å². The lowest BCUT2D eigenvalue weighted by Crippen LogP contribution is -2.24. The highest BCUT2D eigenvalue weighted by Gasteiger charge is 2.13. The third-order valence-corrected chi connectivity index (χ3v) is 4.15. The van der Waals surface area contributed by atoms with Crippen molar-refractivity contribution >= 4 is 35.6 Å². The molecule has 0 fully saturated rings. The maximum atomic E-state index is 8.92. The summed E-state index contributed by atoms with van der Waals surface area (Å²) in [6.07, 6.45) is 4.72. The van der Waals surface area contributed by atoms with Crippen molar-refractivity contribution < 1.29 is 0 Å². The van der Waals surface area contributed by atoms with Crippen molar-refractivity contribution in [1.82, 2.24) is 0 Å². The third-order valence-electron chi connectivity index (χ3n) is 4.15. The van der Waals surface area contributed by atoms with Gasteiger partial charge in [-0.3, -0.25) is 0 Å². The van der Waals surface area contributed by atoms with Crippen LogP contribution >= 0.6 is 24.0 Å². The van der Waals surface area contributed by atoms with Gasteiger partial charge in [0.1, 0.15) is 0 Å². The number of nitrogens with one attached hydrogen (secondary N) is 1. The molecule has 0 saturated carbocycles. The highest BCUT2D eigenvalue weighted by Crippen LogP contribution is 2.27. The number of aliphatic imine (C=N–C) groups is 1. The Balaban J connectivity index is 0.00000208. The minimum atomic E-state index is 0. The first kappa shape index (κ1) is 18.3. The fourth-order valence-corrected chi connectivity index (χ4v) is 2.99. The van der Waals surface area contributed by atoms with Gasteiger partial charge in [-0.05, 0) is 60.6 Å². The number of hydrogen-bond donors (Lipinski definition) is 2. The first-order valence-corrected chi connectivity index (χ1v) is 7.93. The summed E-state index contributed by atoms with van der Waals surface area (Å²) in [5.74, 6) is 0.409. The average molecular weight is 432 g/mol. The molecule has 2 aromatic rings. The summed E-state index contributed by atoms with van der Waals surface area (Å²) < 4.78 is 0. The lowest BCUT2D eigenvalue weighted by atomic mass is 9.90. The first-order chi connectivity index (χ1) is 11.3. The number of fused-ring (bicyclic) bond motifs is 1. The van der Waals surface area contributed by atoms with Crippen molar-refractivity contribution in [2.24, 2.45) is 10.7 Å². The number of nitrogens with zero attached hydrogens (tertiary/aromatic N) is 2. The van der Waals surface area contributed by atoms with E-state index in [0.29, 0.717) is 18.1 Å². The minimum Gasteiger partial charge on any atom is -0.370 e. The van der Waals surface area contributed by atoms with E-state index in [0.717, 1.165) is 24.1 Å². The lowest BCUT2D eigenvalue weighted by molar-refractivity contribution is 0.687. The van der Waals surface area contributed by atoms with Gasteiger partial charge in [0, 0.05) is 5.69 Å². The molecule has 0 unspecified atom stereocenters. The Labute approximate surface area is 159 Å². The van der Waals surface area contributed by atoms with Crippen LogP contribution in [0.5, 0.6) is 0 Å². The molecule has 24 heavy (non-hydrogen) atoms. The van der Waals surface area contributed by atoms with Crippen molar-refractivity contribution in [3.8, 4) is 6.07 Å².